The molecule has 0 atom stereocenters. The zero-order chi connectivity index (χ0) is 21.3. The fourth-order valence-electron chi connectivity index (χ4n) is 2.76. The lowest BCUT2D eigenvalue weighted by molar-refractivity contribution is 0.101. The number of aryl methyl sites for hydroxylation is 1. The number of hydrogen-bond acceptors (Lipinski definition) is 6. The third kappa shape index (κ3) is 4.48. The summed E-state index contributed by atoms with van der Waals surface area (Å²) in [4.78, 5) is 16.8. The van der Waals surface area contributed by atoms with Gasteiger partial charge >= 0.3 is 0 Å². The van der Waals surface area contributed by atoms with E-state index in [0.717, 1.165) is 5.56 Å². The largest absolute Gasteiger partial charge is 0.361 e. The Morgan fingerprint density at radius 2 is 2.00 bits per heavy atom. The molecule has 0 spiro atoms. The highest BCUT2D eigenvalue weighted by atomic mass is 35.5. The summed E-state index contributed by atoms with van der Waals surface area (Å²) in [5.74, 6) is 0.129. The van der Waals surface area contributed by atoms with Crippen LogP contribution in [-0.2, 0) is 13.1 Å². The Bertz CT molecular complexity index is 1210. The van der Waals surface area contributed by atoms with E-state index in [-0.39, 0.29) is 18.2 Å². The molecule has 0 aliphatic rings. The van der Waals surface area contributed by atoms with E-state index in [0.29, 0.717) is 32.9 Å². The van der Waals surface area contributed by atoms with Crippen molar-refractivity contribution in [1.82, 2.24) is 29.7 Å². The minimum Gasteiger partial charge on any atom is -0.361 e. The fraction of sp³-hybridized carbons (Fsp3) is 0.167. The molecule has 3 aromatic heterocycles. The lowest BCUT2D eigenvalue weighted by Crippen LogP contribution is -2.17. The summed E-state index contributed by atoms with van der Waals surface area (Å²) in [6, 6.07) is 5.19. The monoisotopic (exact) mass is 465 g/mol. The summed E-state index contributed by atoms with van der Waals surface area (Å²) in [6.45, 7) is 2.36. The molecule has 154 valence electrons. The van der Waals surface area contributed by atoms with E-state index in [1.807, 2.05) is 0 Å². The number of rotatable bonds is 6. The number of anilines is 1. The van der Waals surface area contributed by atoms with Gasteiger partial charge < -0.3 is 4.52 Å². The second-order valence-electron chi connectivity index (χ2n) is 6.38. The predicted molar refractivity (Wildman–Crippen MR) is 111 cm³/mol. The molecule has 3 heterocycles. The van der Waals surface area contributed by atoms with Gasteiger partial charge in [0.2, 0.25) is 5.95 Å². The molecule has 4 rings (SSSR count). The molecule has 1 aromatic carbocycles. The summed E-state index contributed by atoms with van der Waals surface area (Å²) in [5.41, 5.74) is 1.52. The summed E-state index contributed by atoms with van der Waals surface area (Å²) >= 11 is 18.0. The number of aromatic nitrogens is 6. The van der Waals surface area contributed by atoms with Crippen LogP contribution in [0.2, 0.25) is 15.1 Å². The molecule has 12 heteroatoms. The second kappa shape index (κ2) is 8.47. The Balaban J connectivity index is 1.47. The molecule has 9 nitrogen and oxygen atoms in total. The number of carbonyl (C=O) groups excluding carboxylic acids is 1. The van der Waals surface area contributed by atoms with Crippen LogP contribution in [0.15, 0.2) is 41.4 Å². The Labute approximate surface area is 185 Å². The van der Waals surface area contributed by atoms with Gasteiger partial charge in [-0.25, -0.2) is 9.67 Å². The van der Waals surface area contributed by atoms with Crippen LogP contribution >= 0.6 is 34.8 Å². The zero-order valence-corrected chi connectivity index (χ0v) is 17.8. The molecular formula is C18H14Cl3N7O2. The van der Waals surface area contributed by atoms with Crippen LogP contribution in [0, 0.1) is 6.92 Å². The van der Waals surface area contributed by atoms with Crippen molar-refractivity contribution in [2.24, 2.45) is 0 Å². The maximum atomic E-state index is 12.7. The average molecular weight is 467 g/mol. The maximum Gasteiger partial charge on any atom is 0.280 e. The molecule has 1 amide bonds. The lowest BCUT2D eigenvalue weighted by atomic mass is 10.2. The van der Waals surface area contributed by atoms with Gasteiger partial charge in [-0.3, -0.25) is 14.8 Å². The number of nitrogens with one attached hydrogen (secondary N) is 1. The lowest BCUT2D eigenvalue weighted by Gasteiger charge is -2.04. The van der Waals surface area contributed by atoms with Crippen molar-refractivity contribution in [3.63, 3.8) is 0 Å². The number of nitrogens with zero attached hydrogens (tertiary/aromatic N) is 6. The van der Waals surface area contributed by atoms with Crippen LogP contribution in [0.4, 0.5) is 5.95 Å². The van der Waals surface area contributed by atoms with Crippen molar-refractivity contribution in [2.75, 3.05) is 5.32 Å². The molecule has 0 unspecified atom stereocenters. The first-order valence-electron chi connectivity index (χ1n) is 8.67. The van der Waals surface area contributed by atoms with Crippen LogP contribution < -0.4 is 5.32 Å². The van der Waals surface area contributed by atoms with Crippen molar-refractivity contribution >= 4 is 46.7 Å². The highest BCUT2D eigenvalue weighted by Gasteiger charge is 2.21. The Morgan fingerprint density at radius 3 is 2.73 bits per heavy atom. The Morgan fingerprint density at radius 1 is 1.17 bits per heavy atom. The van der Waals surface area contributed by atoms with Crippen molar-refractivity contribution in [3.8, 4) is 0 Å². The van der Waals surface area contributed by atoms with Crippen molar-refractivity contribution in [2.45, 2.75) is 20.0 Å². The number of carbonyl (C=O) groups is 1. The minimum atomic E-state index is -0.498. The smallest absolute Gasteiger partial charge is 0.280 e. The standard InChI is InChI=1S/C18H14Cl3N7O2/c1-10-14(8-27-7-13(20)5-23-27)16(26-30-10)17(29)24-18-22-9-28(25-18)6-11-2-3-12(19)4-15(11)21/h2-5,7,9H,6,8H2,1H3,(H,24,25,29). The van der Waals surface area contributed by atoms with Gasteiger partial charge in [0.25, 0.3) is 5.91 Å². The van der Waals surface area contributed by atoms with Crippen LogP contribution in [0.3, 0.4) is 0 Å². The Hall–Kier alpha value is -2.88. The molecule has 0 saturated carbocycles. The van der Waals surface area contributed by atoms with E-state index in [2.05, 4.69) is 25.7 Å². The summed E-state index contributed by atoms with van der Waals surface area (Å²) in [5, 5.41) is 16.4. The first kappa shape index (κ1) is 20.4. The topological polar surface area (TPSA) is 104 Å². The number of benzene rings is 1. The highest BCUT2D eigenvalue weighted by molar-refractivity contribution is 6.35. The predicted octanol–water partition coefficient (Wildman–Crippen LogP) is 4.08. The highest BCUT2D eigenvalue weighted by Crippen LogP contribution is 2.22. The molecule has 0 aliphatic carbocycles. The molecule has 0 bridgehead atoms. The van der Waals surface area contributed by atoms with Gasteiger partial charge in [0, 0.05) is 21.8 Å². The van der Waals surface area contributed by atoms with Gasteiger partial charge in [-0.1, -0.05) is 46.0 Å². The normalized spacial score (nSPS) is 11.1. The van der Waals surface area contributed by atoms with Gasteiger partial charge in [0.05, 0.1) is 24.3 Å². The van der Waals surface area contributed by atoms with Crippen LogP contribution in [-0.4, -0.2) is 35.6 Å². The van der Waals surface area contributed by atoms with Gasteiger partial charge in [0.1, 0.15) is 12.1 Å². The maximum absolute atomic E-state index is 12.7. The van der Waals surface area contributed by atoms with Gasteiger partial charge in [-0.2, -0.15) is 5.10 Å². The van der Waals surface area contributed by atoms with Crippen molar-refractivity contribution in [3.05, 3.63) is 74.6 Å². The number of hydrogen-bond donors (Lipinski definition) is 1. The summed E-state index contributed by atoms with van der Waals surface area (Å²) in [7, 11) is 0. The quantitative estimate of drug-likeness (QED) is 0.459. The number of amides is 1. The SMILES string of the molecule is Cc1onc(C(=O)Nc2ncn(Cc3ccc(Cl)cc3Cl)n2)c1Cn1cc(Cl)cn1. The van der Waals surface area contributed by atoms with E-state index in [1.165, 1.54) is 12.5 Å². The third-order valence-corrected chi connectivity index (χ3v) is 5.01. The van der Waals surface area contributed by atoms with Crippen LogP contribution in [0.25, 0.3) is 0 Å². The van der Waals surface area contributed by atoms with Gasteiger partial charge in [-0.15, -0.1) is 5.10 Å². The molecule has 0 aliphatic heterocycles. The van der Waals surface area contributed by atoms with Crippen molar-refractivity contribution in [1.29, 1.82) is 0 Å². The van der Waals surface area contributed by atoms with E-state index in [4.69, 9.17) is 39.3 Å². The van der Waals surface area contributed by atoms with E-state index >= 15 is 0 Å². The van der Waals surface area contributed by atoms with E-state index in [9.17, 15) is 4.79 Å². The molecule has 1 N–H and O–H groups in total. The molecular weight excluding hydrogens is 453 g/mol. The molecule has 30 heavy (non-hydrogen) atoms. The molecule has 0 radical (unpaired) electrons. The zero-order valence-electron chi connectivity index (χ0n) is 15.5. The summed E-state index contributed by atoms with van der Waals surface area (Å²) < 4.78 is 8.32. The van der Waals surface area contributed by atoms with Gasteiger partial charge in [-0.05, 0) is 24.6 Å². The van der Waals surface area contributed by atoms with Crippen LogP contribution in [0.5, 0.6) is 0 Å². The average Bonchev–Trinajstić information content (AvgIpc) is 3.40. The third-order valence-electron chi connectivity index (χ3n) is 4.23. The first-order chi connectivity index (χ1) is 14.4. The van der Waals surface area contributed by atoms with E-state index in [1.54, 1.807) is 40.7 Å². The second-order valence-corrected chi connectivity index (χ2v) is 7.66. The Kier molecular flexibility index (Phi) is 5.76. The fourth-order valence-corrected chi connectivity index (χ4v) is 3.38. The number of halogens is 3. The summed E-state index contributed by atoms with van der Waals surface area (Å²) in [6.07, 6.45) is 4.63. The molecule has 4 aromatic rings. The minimum absolute atomic E-state index is 0.121. The molecule has 0 fully saturated rings. The molecule has 0 saturated heterocycles. The van der Waals surface area contributed by atoms with Gasteiger partial charge in [0.15, 0.2) is 5.69 Å². The first-order valence-corrected chi connectivity index (χ1v) is 9.80. The van der Waals surface area contributed by atoms with Crippen molar-refractivity contribution < 1.29 is 9.32 Å². The van der Waals surface area contributed by atoms with Crippen LogP contribution in [0.1, 0.15) is 27.4 Å². The van der Waals surface area contributed by atoms with E-state index < -0.39 is 5.91 Å².